The van der Waals surface area contributed by atoms with Crippen LogP contribution in [0.1, 0.15) is 50.2 Å². The molecule has 1 aliphatic rings. The molecule has 1 aromatic carbocycles. The molecule has 0 aromatic heterocycles. The molecule has 3 nitrogen and oxygen atoms in total. The molecule has 0 aliphatic heterocycles. The van der Waals surface area contributed by atoms with E-state index in [0.717, 1.165) is 36.8 Å². The van der Waals surface area contributed by atoms with Crippen molar-refractivity contribution in [3.8, 4) is 0 Å². The number of hydrogen-bond donors (Lipinski definition) is 1. The SMILES string of the molecule is CCCCC1(S(=O)(=O)O)CCCc2ccccc21. The number of fused-ring (bicyclic) bond motifs is 1. The van der Waals surface area contributed by atoms with E-state index in [-0.39, 0.29) is 0 Å². The van der Waals surface area contributed by atoms with E-state index in [0.29, 0.717) is 12.8 Å². The number of hydrogen-bond acceptors (Lipinski definition) is 2. The molecule has 4 heteroatoms. The highest BCUT2D eigenvalue weighted by molar-refractivity contribution is 7.86. The van der Waals surface area contributed by atoms with Gasteiger partial charge in [0.1, 0.15) is 4.75 Å². The van der Waals surface area contributed by atoms with Crippen LogP contribution in [0.25, 0.3) is 0 Å². The van der Waals surface area contributed by atoms with Crippen LogP contribution in [-0.4, -0.2) is 13.0 Å². The molecule has 0 radical (unpaired) electrons. The average molecular weight is 268 g/mol. The zero-order chi connectivity index (χ0) is 13.2. The van der Waals surface area contributed by atoms with E-state index >= 15 is 0 Å². The first-order valence-electron chi connectivity index (χ1n) is 6.57. The molecule has 1 aliphatic carbocycles. The van der Waals surface area contributed by atoms with Gasteiger partial charge in [0.25, 0.3) is 10.1 Å². The van der Waals surface area contributed by atoms with Gasteiger partial charge in [-0.1, -0.05) is 44.0 Å². The van der Waals surface area contributed by atoms with E-state index in [1.54, 1.807) is 0 Å². The van der Waals surface area contributed by atoms with Crippen LogP contribution in [0.2, 0.25) is 0 Å². The Hall–Kier alpha value is -0.870. The standard InChI is InChI=1S/C14H20O3S/c1-2-3-10-14(18(15,16)17)11-6-8-12-7-4-5-9-13(12)14/h4-5,7,9H,2-3,6,8,10-11H2,1H3,(H,15,16,17). The van der Waals surface area contributed by atoms with Gasteiger partial charge in [0, 0.05) is 0 Å². The van der Waals surface area contributed by atoms with Gasteiger partial charge >= 0.3 is 0 Å². The van der Waals surface area contributed by atoms with Gasteiger partial charge in [-0.25, -0.2) is 0 Å². The van der Waals surface area contributed by atoms with Crippen molar-refractivity contribution in [2.45, 2.75) is 50.2 Å². The van der Waals surface area contributed by atoms with Crippen molar-refractivity contribution < 1.29 is 13.0 Å². The van der Waals surface area contributed by atoms with Crippen LogP contribution in [0.5, 0.6) is 0 Å². The third-order valence-corrected chi connectivity index (χ3v) is 5.58. The first-order chi connectivity index (χ1) is 8.51. The number of aryl methyl sites for hydroxylation is 1. The summed E-state index contributed by atoms with van der Waals surface area (Å²) in [6.07, 6.45) is 4.51. The highest BCUT2D eigenvalue weighted by atomic mass is 32.2. The van der Waals surface area contributed by atoms with Gasteiger partial charge < -0.3 is 0 Å². The quantitative estimate of drug-likeness (QED) is 0.852. The largest absolute Gasteiger partial charge is 0.285 e. The van der Waals surface area contributed by atoms with Crippen LogP contribution >= 0.6 is 0 Å². The van der Waals surface area contributed by atoms with Crippen LogP contribution in [0.15, 0.2) is 24.3 Å². The zero-order valence-electron chi connectivity index (χ0n) is 10.7. The summed E-state index contributed by atoms with van der Waals surface area (Å²) >= 11 is 0. The Morgan fingerprint density at radius 3 is 2.72 bits per heavy atom. The second kappa shape index (κ2) is 5.02. The lowest BCUT2D eigenvalue weighted by molar-refractivity contribution is 0.370. The van der Waals surface area contributed by atoms with E-state index in [1.165, 1.54) is 0 Å². The third kappa shape index (κ3) is 2.19. The van der Waals surface area contributed by atoms with Gasteiger partial charge in [0.2, 0.25) is 0 Å². The fourth-order valence-electron chi connectivity index (χ4n) is 3.00. The van der Waals surface area contributed by atoms with Crippen LogP contribution in [-0.2, 0) is 21.3 Å². The smallest absolute Gasteiger partial charge is 0.274 e. The zero-order valence-corrected chi connectivity index (χ0v) is 11.5. The third-order valence-electron chi connectivity index (χ3n) is 3.96. The van der Waals surface area contributed by atoms with Crippen molar-refractivity contribution in [2.24, 2.45) is 0 Å². The number of unbranched alkanes of at least 4 members (excludes halogenated alkanes) is 1. The normalized spacial score (nSPS) is 23.7. The van der Waals surface area contributed by atoms with E-state index in [2.05, 4.69) is 0 Å². The Labute approximate surface area is 109 Å². The molecule has 0 saturated heterocycles. The van der Waals surface area contributed by atoms with Crippen molar-refractivity contribution in [3.05, 3.63) is 35.4 Å². The lowest BCUT2D eigenvalue weighted by Crippen LogP contribution is -2.38. The van der Waals surface area contributed by atoms with Gasteiger partial charge in [-0.3, -0.25) is 4.55 Å². The van der Waals surface area contributed by atoms with E-state index in [1.807, 2.05) is 31.2 Å². The highest BCUT2D eigenvalue weighted by Gasteiger charge is 2.46. The second-order valence-electron chi connectivity index (χ2n) is 5.08. The number of rotatable bonds is 4. The molecule has 2 rings (SSSR count). The topological polar surface area (TPSA) is 54.4 Å². The predicted octanol–water partition coefficient (Wildman–Crippen LogP) is 3.30. The van der Waals surface area contributed by atoms with Gasteiger partial charge in [-0.05, 0) is 36.8 Å². The Bertz CT molecular complexity index is 522. The molecule has 0 saturated carbocycles. The maximum Gasteiger partial charge on any atom is 0.274 e. The maximum absolute atomic E-state index is 11.9. The Morgan fingerprint density at radius 2 is 2.06 bits per heavy atom. The second-order valence-corrected chi connectivity index (χ2v) is 6.82. The fourth-order valence-corrected chi connectivity index (χ4v) is 4.28. The summed E-state index contributed by atoms with van der Waals surface area (Å²) < 4.78 is 32.5. The van der Waals surface area contributed by atoms with E-state index in [4.69, 9.17) is 0 Å². The molecule has 100 valence electrons. The molecule has 0 fully saturated rings. The van der Waals surface area contributed by atoms with Crippen LogP contribution in [0.3, 0.4) is 0 Å². The van der Waals surface area contributed by atoms with Crippen molar-refractivity contribution in [3.63, 3.8) is 0 Å². The summed E-state index contributed by atoms with van der Waals surface area (Å²) in [7, 11) is -4.07. The van der Waals surface area contributed by atoms with E-state index < -0.39 is 14.9 Å². The summed E-state index contributed by atoms with van der Waals surface area (Å²) in [5.41, 5.74) is 1.88. The van der Waals surface area contributed by atoms with Gasteiger partial charge in [-0.15, -0.1) is 0 Å². The minimum Gasteiger partial charge on any atom is -0.285 e. The Balaban J connectivity index is 2.55. The van der Waals surface area contributed by atoms with Crippen LogP contribution in [0, 0.1) is 0 Å². The lowest BCUT2D eigenvalue weighted by Gasteiger charge is -2.36. The molecular weight excluding hydrogens is 248 g/mol. The molecule has 0 amide bonds. The minimum absolute atomic E-state index is 0.513. The first kappa shape index (κ1) is 13.6. The molecule has 18 heavy (non-hydrogen) atoms. The molecular formula is C14H20O3S. The monoisotopic (exact) mass is 268 g/mol. The van der Waals surface area contributed by atoms with Crippen molar-refractivity contribution in [1.29, 1.82) is 0 Å². The van der Waals surface area contributed by atoms with Gasteiger partial charge in [-0.2, -0.15) is 8.42 Å². The summed E-state index contributed by atoms with van der Waals surface area (Å²) in [6.45, 7) is 2.03. The Kier molecular flexibility index (Phi) is 3.78. The predicted molar refractivity (Wildman–Crippen MR) is 72.1 cm³/mol. The maximum atomic E-state index is 11.9. The minimum atomic E-state index is -4.07. The lowest BCUT2D eigenvalue weighted by atomic mass is 9.79. The summed E-state index contributed by atoms with van der Waals surface area (Å²) in [5.74, 6) is 0. The van der Waals surface area contributed by atoms with Crippen molar-refractivity contribution in [2.75, 3.05) is 0 Å². The summed E-state index contributed by atoms with van der Waals surface area (Å²) in [5, 5.41) is 0. The highest BCUT2D eigenvalue weighted by Crippen LogP contribution is 2.44. The molecule has 0 bridgehead atoms. The molecule has 0 heterocycles. The van der Waals surface area contributed by atoms with Crippen molar-refractivity contribution >= 4 is 10.1 Å². The molecule has 0 spiro atoms. The van der Waals surface area contributed by atoms with Crippen LogP contribution in [0.4, 0.5) is 0 Å². The molecule has 1 unspecified atom stereocenters. The Morgan fingerprint density at radius 1 is 1.33 bits per heavy atom. The van der Waals surface area contributed by atoms with Crippen LogP contribution < -0.4 is 0 Å². The summed E-state index contributed by atoms with van der Waals surface area (Å²) in [6, 6.07) is 7.62. The molecule has 1 aromatic rings. The van der Waals surface area contributed by atoms with E-state index in [9.17, 15) is 13.0 Å². The fraction of sp³-hybridized carbons (Fsp3) is 0.571. The average Bonchev–Trinajstić information content (AvgIpc) is 2.35. The summed E-state index contributed by atoms with van der Waals surface area (Å²) in [4.78, 5) is 0. The van der Waals surface area contributed by atoms with Crippen molar-refractivity contribution in [1.82, 2.24) is 0 Å². The molecule has 1 atom stereocenters. The number of benzene rings is 1. The van der Waals surface area contributed by atoms with Gasteiger partial charge in [0.15, 0.2) is 0 Å². The first-order valence-corrected chi connectivity index (χ1v) is 8.01. The molecule has 1 N–H and O–H groups in total. The van der Waals surface area contributed by atoms with Gasteiger partial charge in [0.05, 0.1) is 0 Å².